The number of aliphatic hydroxyl groups is 1. The summed E-state index contributed by atoms with van der Waals surface area (Å²) in [6.07, 6.45) is -0.618. The van der Waals surface area contributed by atoms with Gasteiger partial charge in [0.2, 0.25) is 5.82 Å². The summed E-state index contributed by atoms with van der Waals surface area (Å²) in [4.78, 5) is 10.2. The van der Waals surface area contributed by atoms with Crippen LogP contribution >= 0.6 is 11.8 Å². The molecule has 1 N–H and O–H groups in total. The van der Waals surface area contributed by atoms with Gasteiger partial charge in [0.25, 0.3) is 0 Å². The molecule has 0 aliphatic rings. The van der Waals surface area contributed by atoms with Crippen LogP contribution in [0.4, 0.5) is 10.1 Å². The quantitative estimate of drug-likeness (QED) is 0.503. The first-order chi connectivity index (χ1) is 7.43. The van der Waals surface area contributed by atoms with Gasteiger partial charge in [-0.1, -0.05) is 13.0 Å². The Morgan fingerprint density at radius 3 is 2.62 bits per heavy atom. The smallest absolute Gasteiger partial charge is 0.318 e. The van der Waals surface area contributed by atoms with Crippen molar-refractivity contribution < 1.29 is 14.4 Å². The van der Waals surface area contributed by atoms with Crippen LogP contribution < -0.4 is 0 Å². The Balaban J connectivity index is 3.04. The highest BCUT2D eigenvalue weighted by Gasteiger charge is 2.22. The summed E-state index contributed by atoms with van der Waals surface area (Å²) in [5, 5.41) is 19.7. The van der Waals surface area contributed by atoms with Crippen LogP contribution in [0.2, 0.25) is 0 Å². The van der Waals surface area contributed by atoms with Gasteiger partial charge in [-0.25, -0.2) is 0 Å². The molecular weight excluding hydrogens is 233 g/mol. The summed E-state index contributed by atoms with van der Waals surface area (Å²) in [5.74, 6) is -0.854. The van der Waals surface area contributed by atoms with E-state index in [1.807, 2.05) is 0 Å². The molecule has 0 aliphatic heterocycles. The van der Waals surface area contributed by atoms with E-state index < -0.39 is 22.5 Å². The van der Waals surface area contributed by atoms with Crippen LogP contribution in [0.1, 0.15) is 13.8 Å². The zero-order valence-electron chi connectivity index (χ0n) is 8.88. The normalized spacial score (nSPS) is 14.5. The molecule has 1 aromatic rings. The molecule has 0 aromatic heterocycles. The van der Waals surface area contributed by atoms with Crippen molar-refractivity contribution in [3.8, 4) is 0 Å². The lowest BCUT2D eigenvalue weighted by molar-refractivity contribution is -0.390. The fourth-order valence-electron chi connectivity index (χ4n) is 1.07. The van der Waals surface area contributed by atoms with Crippen molar-refractivity contribution >= 4 is 17.4 Å². The highest BCUT2D eigenvalue weighted by atomic mass is 32.2. The molecule has 0 saturated heterocycles. The highest BCUT2D eigenvalue weighted by Crippen LogP contribution is 2.34. The van der Waals surface area contributed by atoms with Crippen LogP contribution in [0.25, 0.3) is 0 Å². The zero-order chi connectivity index (χ0) is 12.3. The van der Waals surface area contributed by atoms with E-state index in [2.05, 4.69) is 0 Å². The summed E-state index contributed by atoms with van der Waals surface area (Å²) in [7, 11) is 0. The van der Waals surface area contributed by atoms with Crippen molar-refractivity contribution in [3.05, 3.63) is 34.1 Å². The number of hydrogen-bond acceptors (Lipinski definition) is 4. The average molecular weight is 245 g/mol. The minimum atomic E-state index is -0.854. The number of nitro groups is 1. The van der Waals surface area contributed by atoms with Crippen LogP contribution in [0.15, 0.2) is 23.1 Å². The number of para-hydroxylation sites is 1. The van der Waals surface area contributed by atoms with E-state index >= 15 is 0 Å². The third kappa shape index (κ3) is 2.93. The molecule has 0 amide bonds. The molecule has 16 heavy (non-hydrogen) atoms. The second-order valence-corrected chi connectivity index (χ2v) is 4.83. The fourth-order valence-corrected chi connectivity index (χ4v) is 2.10. The van der Waals surface area contributed by atoms with Crippen LogP contribution in [-0.4, -0.2) is 21.4 Å². The van der Waals surface area contributed by atoms with Crippen LogP contribution in [0.5, 0.6) is 0 Å². The third-order valence-electron chi connectivity index (χ3n) is 2.12. The molecule has 1 aromatic carbocycles. The zero-order valence-corrected chi connectivity index (χ0v) is 9.70. The van der Waals surface area contributed by atoms with Gasteiger partial charge in [0.1, 0.15) is 0 Å². The Hall–Kier alpha value is -1.14. The van der Waals surface area contributed by atoms with Gasteiger partial charge < -0.3 is 5.11 Å². The number of aliphatic hydroxyl groups excluding tert-OH is 1. The summed E-state index contributed by atoms with van der Waals surface area (Å²) < 4.78 is 13.2. The standard InChI is InChI=1S/C10H12FNO3S/c1-6(13)7(2)16-9-5-3-4-8(11)10(9)12(14)15/h3-7,13H,1-2H3. The van der Waals surface area contributed by atoms with Crippen molar-refractivity contribution in [1.82, 2.24) is 0 Å². The van der Waals surface area contributed by atoms with Crippen LogP contribution in [0.3, 0.4) is 0 Å². The number of nitrogens with zero attached hydrogens (tertiary/aromatic N) is 1. The third-order valence-corrected chi connectivity index (χ3v) is 3.47. The van der Waals surface area contributed by atoms with E-state index in [0.717, 1.165) is 17.8 Å². The molecule has 0 radical (unpaired) electrons. The molecular formula is C10H12FNO3S. The predicted molar refractivity (Wildman–Crippen MR) is 60.1 cm³/mol. The van der Waals surface area contributed by atoms with Gasteiger partial charge in [-0.2, -0.15) is 4.39 Å². The Bertz CT molecular complexity index is 398. The molecule has 0 fully saturated rings. The van der Waals surface area contributed by atoms with Gasteiger partial charge in [-0.3, -0.25) is 10.1 Å². The molecule has 2 atom stereocenters. The first-order valence-corrected chi connectivity index (χ1v) is 5.59. The molecule has 0 saturated carbocycles. The molecule has 2 unspecified atom stereocenters. The number of nitro benzene ring substituents is 1. The van der Waals surface area contributed by atoms with Gasteiger partial charge in [0, 0.05) is 5.25 Å². The summed E-state index contributed by atoms with van der Waals surface area (Å²) in [5.41, 5.74) is -0.528. The second kappa shape index (κ2) is 5.27. The summed E-state index contributed by atoms with van der Waals surface area (Å²) in [6, 6.07) is 3.94. The lowest BCUT2D eigenvalue weighted by Crippen LogP contribution is -2.15. The second-order valence-electron chi connectivity index (χ2n) is 3.41. The summed E-state index contributed by atoms with van der Waals surface area (Å²) >= 11 is 1.09. The van der Waals surface area contributed by atoms with E-state index in [9.17, 15) is 19.6 Å². The van der Waals surface area contributed by atoms with Gasteiger partial charge in [-0.05, 0) is 19.1 Å². The van der Waals surface area contributed by atoms with Crippen molar-refractivity contribution in [2.24, 2.45) is 0 Å². The Morgan fingerprint density at radius 2 is 2.12 bits per heavy atom. The van der Waals surface area contributed by atoms with Crippen LogP contribution in [0, 0.1) is 15.9 Å². The number of benzene rings is 1. The molecule has 0 heterocycles. The summed E-state index contributed by atoms with van der Waals surface area (Å²) in [6.45, 7) is 3.31. The van der Waals surface area contributed by atoms with Gasteiger partial charge in [-0.15, -0.1) is 11.8 Å². The fraction of sp³-hybridized carbons (Fsp3) is 0.400. The molecule has 0 aliphatic carbocycles. The molecule has 4 nitrogen and oxygen atoms in total. The van der Waals surface area contributed by atoms with Crippen molar-refractivity contribution in [3.63, 3.8) is 0 Å². The Labute approximate surface area is 96.6 Å². The predicted octanol–water partition coefficient (Wildman–Crippen LogP) is 2.60. The molecule has 1 rings (SSSR count). The molecule has 88 valence electrons. The Kier molecular flexibility index (Phi) is 4.26. The van der Waals surface area contributed by atoms with E-state index in [-0.39, 0.29) is 10.1 Å². The maximum Gasteiger partial charge on any atom is 0.318 e. The van der Waals surface area contributed by atoms with E-state index in [0.29, 0.717) is 0 Å². The number of rotatable bonds is 4. The largest absolute Gasteiger partial charge is 0.392 e. The average Bonchev–Trinajstić information content (AvgIpc) is 2.16. The molecule has 6 heteroatoms. The van der Waals surface area contributed by atoms with Gasteiger partial charge in [0.15, 0.2) is 0 Å². The molecule has 0 spiro atoms. The number of hydrogen-bond donors (Lipinski definition) is 1. The Morgan fingerprint density at radius 1 is 1.50 bits per heavy atom. The first kappa shape index (κ1) is 12.9. The van der Waals surface area contributed by atoms with Crippen molar-refractivity contribution in [1.29, 1.82) is 0 Å². The van der Waals surface area contributed by atoms with Crippen molar-refractivity contribution in [2.45, 2.75) is 30.1 Å². The SMILES string of the molecule is CC(O)C(C)Sc1cccc(F)c1[N+](=O)[O-]. The minimum Gasteiger partial charge on any atom is -0.392 e. The highest BCUT2D eigenvalue weighted by molar-refractivity contribution is 8.00. The first-order valence-electron chi connectivity index (χ1n) is 4.71. The van der Waals surface area contributed by atoms with E-state index in [1.54, 1.807) is 13.8 Å². The molecule has 0 bridgehead atoms. The maximum absolute atomic E-state index is 13.2. The van der Waals surface area contributed by atoms with Gasteiger partial charge >= 0.3 is 5.69 Å². The monoisotopic (exact) mass is 245 g/mol. The van der Waals surface area contributed by atoms with Crippen molar-refractivity contribution in [2.75, 3.05) is 0 Å². The van der Waals surface area contributed by atoms with Gasteiger partial charge in [0.05, 0.1) is 15.9 Å². The maximum atomic E-state index is 13.2. The van der Waals surface area contributed by atoms with Crippen LogP contribution in [-0.2, 0) is 0 Å². The number of thioether (sulfide) groups is 1. The lowest BCUT2D eigenvalue weighted by atomic mass is 10.3. The minimum absolute atomic E-state index is 0.235. The van der Waals surface area contributed by atoms with E-state index in [1.165, 1.54) is 12.1 Å². The topological polar surface area (TPSA) is 63.4 Å². The number of halogens is 1. The lowest BCUT2D eigenvalue weighted by Gasteiger charge is -2.13. The van der Waals surface area contributed by atoms with E-state index in [4.69, 9.17) is 0 Å².